The van der Waals surface area contributed by atoms with E-state index in [0.717, 1.165) is 107 Å². The van der Waals surface area contributed by atoms with Gasteiger partial charge in [-0.3, -0.25) is 24.6 Å². The largest absolute Gasteiger partial charge is 0.384 e. The van der Waals surface area contributed by atoms with Gasteiger partial charge in [-0.1, -0.05) is 31.2 Å². The van der Waals surface area contributed by atoms with E-state index in [4.69, 9.17) is 14.7 Å². The van der Waals surface area contributed by atoms with Crippen molar-refractivity contribution in [1.29, 1.82) is 0 Å². The Bertz CT molecular complexity index is 2610. The summed E-state index contributed by atoms with van der Waals surface area (Å²) < 4.78 is 9.84. The highest BCUT2D eigenvalue weighted by atomic mass is 16.5. The maximum Gasteiger partial charge on any atom is 0.278 e. The summed E-state index contributed by atoms with van der Waals surface area (Å²) in [6, 6.07) is 20.6. The van der Waals surface area contributed by atoms with Crippen molar-refractivity contribution in [3.63, 3.8) is 0 Å². The molecule has 15 heteroatoms. The molecule has 10 rings (SSSR count). The van der Waals surface area contributed by atoms with E-state index in [1.807, 2.05) is 31.2 Å². The molecule has 1 aliphatic carbocycles. The molecule has 1 unspecified atom stereocenters. The predicted molar refractivity (Wildman–Crippen MR) is 246 cm³/mol. The zero-order chi connectivity index (χ0) is 44.0. The van der Waals surface area contributed by atoms with Gasteiger partial charge in [0, 0.05) is 75.5 Å². The highest BCUT2D eigenvalue weighted by Crippen LogP contribution is 2.39. The van der Waals surface area contributed by atoms with E-state index in [1.165, 1.54) is 5.69 Å². The van der Waals surface area contributed by atoms with Gasteiger partial charge in [-0.25, -0.2) is 19.3 Å². The molecule has 0 saturated carbocycles. The first-order chi connectivity index (χ1) is 31.1. The lowest BCUT2D eigenvalue weighted by Gasteiger charge is -2.48. The van der Waals surface area contributed by atoms with Gasteiger partial charge in [-0.15, -0.1) is 6.58 Å². The van der Waals surface area contributed by atoms with Crippen LogP contribution >= 0.6 is 0 Å². The zero-order valence-corrected chi connectivity index (χ0v) is 36.7. The molecular formula is C49H58N10O5. The van der Waals surface area contributed by atoms with Crippen LogP contribution < -0.4 is 26.0 Å². The molecule has 4 fully saturated rings. The van der Waals surface area contributed by atoms with Crippen molar-refractivity contribution in [2.75, 3.05) is 67.5 Å². The Hall–Kier alpha value is -5.90. The van der Waals surface area contributed by atoms with Crippen LogP contribution in [0.4, 0.5) is 23.0 Å². The third-order valence-corrected chi connectivity index (χ3v) is 14.5. The highest BCUT2D eigenvalue weighted by Gasteiger charge is 2.41. The number of aryl methyl sites for hydroxylation is 1. The summed E-state index contributed by atoms with van der Waals surface area (Å²) in [6.45, 7) is 13.8. The fraction of sp³-hybridized carbons (Fsp3) is 0.469. The topological polar surface area (TPSA) is 163 Å². The molecule has 4 saturated heterocycles. The monoisotopic (exact) mass is 866 g/mol. The number of pyridine rings is 1. The lowest BCUT2D eigenvalue weighted by Crippen LogP contribution is -2.57. The van der Waals surface area contributed by atoms with Crippen LogP contribution in [0.25, 0.3) is 16.9 Å². The summed E-state index contributed by atoms with van der Waals surface area (Å²) in [6.07, 6.45) is 10.4. The van der Waals surface area contributed by atoms with Gasteiger partial charge in [-0.05, 0) is 111 Å². The number of nitrogens with zero attached hydrogens (tertiary/aromatic N) is 8. The molecule has 3 aromatic heterocycles. The second-order valence-electron chi connectivity index (χ2n) is 18.4. The van der Waals surface area contributed by atoms with Gasteiger partial charge in [0.15, 0.2) is 11.5 Å². The smallest absolute Gasteiger partial charge is 0.278 e. The second kappa shape index (κ2) is 17.2. The minimum Gasteiger partial charge on any atom is -0.384 e. The van der Waals surface area contributed by atoms with Crippen LogP contribution in [0.1, 0.15) is 81.0 Å². The number of allylic oxidation sites excluding steroid dienone is 1. The van der Waals surface area contributed by atoms with Gasteiger partial charge >= 0.3 is 0 Å². The minimum atomic E-state index is -0.992. The number of anilines is 4. The summed E-state index contributed by atoms with van der Waals surface area (Å²) >= 11 is 0. The third kappa shape index (κ3) is 8.09. The van der Waals surface area contributed by atoms with E-state index < -0.39 is 5.60 Å². The van der Waals surface area contributed by atoms with Crippen LogP contribution in [0.15, 0.2) is 84.3 Å². The minimum absolute atomic E-state index is 0.116. The maximum absolute atomic E-state index is 13.6. The summed E-state index contributed by atoms with van der Waals surface area (Å²) in [5, 5.41) is 17.5. The summed E-state index contributed by atoms with van der Waals surface area (Å²) in [7, 11) is 0. The van der Waals surface area contributed by atoms with Crippen molar-refractivity contribution in [3.8, 4) is 5.82 Å². The van der Waals surface area contributed by atoms with E-state index >= 15 is 0 Å². The van der Waals surface area contributed by atoms with Gasteiger partial charge < -0.3 is 25.0 Å². The molecule has 5 aromatic rings. The number of carbonyl (C=O) groups excluding carboxylic acids is 2. The SMILES string of the molecule is C=CCn1c(=O)c2cnc(Nc3ccc(N4CCC5(CC4)CN(CC4CCN(c6ccc(C7CCC(=O)NC7=O)cc6)CC4)CCO5)cc3)nc2n1-c1ccc2c(n1)[C@](O)(CC)CC2. The van der Waals surface area contributed by atoms with Crippen LogP contribution in [0.3, 0.4) is 0 Å². The number of hydrogen-bond donors (Lipinski definition) is 3. The molecular weight excluding hydrogens is 809 g/mol. The summed E-state index contributed by atoms with van der Waals surface area (Å²) in [4.78, 5) is 59.3. The highest BCUT2D eigenvalue weighted by molar-refractivity contribution is 6.01. The number of rotatable bonds is 11. The fourth-order valence-corrected chi connectivity index (χ4v) is 10.7. The number of carbonyl (C=O) groups is 2. The van der Waals surface area contributed by atoms with Crippen LogP contribution in [-0.2, 0) is 32.9 Å². The molecule has 64 heavy (non-hydrogen) atoms. The van der Waals surface area contributed by atoms with Crippen molar-refractivity contribution < 1.29 is 19.4 Å². The number of morpholine rings is 1. The van der Waals surface area contributed by atoms with Crippen LogP contribution in [0.5, 0.6) is 0 Å². The second-order valence-corrected chi connectivity index (χ2v) is 18.4. The van der Waals surface area contributed by atoms with Gasteiger partial charge in [-0.2, -0.15) is 4.98 Å². The first-order valence-electron chi connectivity index (χ1n) is 23.1. The molecule has 5 aliphatic rings. The van der Waals surface area contributed by atoms with Crippen LogP contribution in [-0.4, -0.2) is 104 Å². The van der Waals surface area contributed by atoms with E-state index in [0.29, 0.717) is 60.1 Å². The number of fused-ring (bicyclic) bond motifs is 2. The maximum atomic E-state index is 13.6. The Morgan fingerprint density at radius 1 is 0.891 bits per heavy atom. The molecule has 2 aromatic carbocycles. The molecule has 334 valence electrons. The Morgan fingerprint density at radius 3 is 2.34 bits per heavy atom. The molecule has 0 radical (unpaired) electrons. The van der Waals surface area contributed by atoms with E-state index in [-0.39, 0.29) is 35.4 Å². The van der Waals surface area contributed by atoms with Crippen molar-refractivity contribution in [1.82, 2.24) is 34.5 Å². The third-order valence-electron chi connectivity index (χ3n) is 14.5. The normalized spacial score (nSPS) is 22.8. The predicted octanol–water partition coefficient (Wildman–Crippen LogP) is 5.56. The summed E-state index contributed by atoms with van der Waals surface area (Å²) in [5.74, 6) is 0.909. The van der Waals surface area contributed by atoms with Gasteiger partial charge in [0.25, 0.3) is 5.56 Å². The number of aliphatic hydroxyl groups is 1. The molecule has 4 aliphatic heterocycles. The molecule has 2 amide bonds. The molecule has 1 spiro atoms. The molecule has 3 N–H and O–H groups in total. The molecule has 15 nitrogen and oxygen atoms in total. The van der Waals surface area contributed by atoms with E-state index in [2.05, 4.69) is 73.3 Å². The average molecular weight is 867 g/mol. The number of nitrogens with one attached hydrogen (secondary N) is 2. The Labute approximate surface area is 373 Å². The number of piperidine rings is 3. The van der Waals surface area contributed by atoms with Gasteiger partial charge in [0.05, 0.1) is 30.4 Å². The van der Waals surface area contributed by atoms with Gasteiger partial charge in [0.2, 0.25) is 17.8 Å². The van der Waals surface area contributed by atoms with Crippen molar-refractivity contribution in [2.45, 2.75) is 88.4 Å². The Balaban J connectivity index is 0.737. The van der Waals surface area contributed by atoms with Crippen molar-refractivity contribution >= 4 is 45.9 Å². The van der Waals surface area contributed by atoms with Crippen molar-refractivity contribution in [3.05, 3.63) is 107 Å². The lowest BCUT2D eigenvalue weighted by molar-refractivity contribution is -0.134. The number of amides is 2. The number of ether oxygens (including phenoxy) is 1. The number of benzene rings is 2. The lowest BCUT2D eigenvalue weighted by atomic mass is 9.88. The van der Waals surface area contributed by atoms with Crippen LogP contribution in [0, 0.1) is 5.92 Å². The first-order valence-corrected chi connectivity index (χ1v) is 23.1. The summed E-state index contributed by atoms with van der Waals surface area (Å²) in [5.41, 5.74) is 4.94. The Kier molecular flexibility index (Phi) is 11.3. The fourth-order valence-electron chi connectivity index (χ4n) is 10.7. The van der Waals surface area contributed by atoms with Crippen LogP contribution in [0.2, 0.25) is 0 Å². The quantitative estimate of drug-likeness (QED) is 0.112. The van der Waals surface area contributed by atoms with E-state index in [1.54, 1.807) is 21.6 Å². The zero-order valence-electron chi connectivity index (χ0n) is 36.7. The van der Waals surface area contributed by atoms with Crippen molar-refractivity contribution in [2.24, 2.45) is 5.92 Å². The standard InChI is InChI=1S/C49H58N10O5/c1-3-23-58-46(62)40-30-50-47(54-44(40)59(58)41-15-7-35-17-20-49(63,4-2)43(35)52-41)51-36-8-12-38(13-9-36)57-26-21-48(22-27-57)32-55(28-29-64-48)31-33-18-24-56(25-19-33)37-10-5-34(6-11-37)39-14-16-42(60)53-45(39)61/h3,5-13,15,30,33,39,63H,1,4,14,16-29,31-32H2,2H3,(H,50,51,54)(H,53,60,61)/t39?,49-/m0/s1. The molecule has 7 heterocycles. The number of hydrogen-bond acceptors (Lipinski definition) is 12. The van der Waals surface area contributed by atoms with Gasteiger partial charge in [0.1, 0.15) is 11.0 Å². The molecule has 2 atom stereocenters. The Morgan fingerprint density at radius 2 is 1.62 bits per heavy atom. The first kappa shape index (κ1) is 42.1. The number of aromatic nitrogens is 5. The number of imide groups is 1. The molecule has 0 bridgehead atoms. The average Bonchev–Trinajstić information content (AvgIpc) is 3.79. The van der Waals surface area contributed by atoms with E-state index in [9.17, 15) is 19.5 Å².